The molecule has 0 bridgehead atoms. The molecule has 19 heavy (non-hydrogen) atoms. The maximum atomic E-state index is 12.0. The van der Waals surface area contributed by atoms with Crippen LogP contribution in [-0.2, 0) is 6.54 Å². The van der Waals surface area contributed by atoms with Crippen molar-refractivity contribution in [3.8, 4) is 5.75 Å². The van der Waals surface area contributed by atoms with Gasteiger partial charge in [0.15, 0.2) is 0 Å². The van der Waals surface area contributed by atoms with E-state index in [0.29, 0.717) is 13.1 Å². The first-order valence-corrected chi connectivity index (χ1v) is 5.90. The van der Waals surface area contributed by atoms with Crippen molar-refractivity contribution >= 4 is 0 Å². The Balaban J connectivity index is 2.67. The Morgan fingerprint density at radius 2 is 1.68 bits per heavy atom. The van der Waals surface area contributed by atoms with Crippen LogP contribution in [0.2, 0.25) is 0 Å². The van der Waals surface area contributed by atoms with E-state index in [2.05, 4.69) is 4.74 Å². The Morgan fingerprint density at radius 3 is 2.11 bits per heavy atom. The highest BCUT2D eigenvalue weighted by atomic mass is 19.4. The third kappa shape index (κ3) is 5.08. The van der Waals surface area contributed by atoms with E-state index in [1.54, 1.807) is 12.1 Å². The zero-order chi connectivity index (χ0) is 14.7. The summed E-state index contributed by atoms with van der Waals surface area (Å²) in [6, 6.07) is 5.85. The van der Waals surface area contributed by atoms with Crippen LogP contribution in [0.15, 0.2) is 24.3 Å². The molecule has 0 aliphatic carbocycles. The number of alkyl halides is 3. The van der Waals surface area contributed by atoms with Crippen molar-refractivity contribution < 1.29 is 17.9 Å². The average Bonchev–Trinajstić information content (AvgIpc) is 2.29. The predicted molar refractivity (Wildman–Crippen MR) is 67.7 cm³/mol. The standard InChI is InChI=1S/C13H19F3N2O/c1-12(2,9-17)18(3)8-10-4-6-11(7-5-10)19-13(14,15)16/h4-7H,8-9,17H2,1-3H3. The van der Waals surface area contributed by atoms with Crippen LogP contribution in [-0.4, -0.2) is 30.4 Å². The van der Waals surface area contributed by atoms with Gasteiger partial charge in [-0.1, -0.05) is 12.1 Å². The van der Waals surface area contributed by atoms with Crippen LogP contribution >= 0.6 is 0 Å². The number of benzene rings is 1. The summed E-state index contributed by atoms with van der Waals surface area (Å²) in [5, 5.41) is 0. The first-order valence-electron chi connectivity index (χ1n) is 5.90. The van der Waals surface area contributed by atoms with Crippen molar-refractivity contribution in [1.29, 1.82) is 0 Å². The normalized spacial score (nSPS) is 12.8. The van der Waals surface area contributed by atoms with Crippen molar-refractivity contribution in [2.24, 2.45) is 5.73 Å². The minimum absolute atomic E-state index is 0.166. The third-order valence-corrected chi connectivity index (χ3v) is 3.11. The number of nitrogens with two attached hydrogens (primary N) is 1. The van der Waals surface area contributed by atoms with Crippen LogP contribution in [0.4, 0.5) is 13.2 Å². The molecular weight excluding hydrogens is 257 g/mol. The quantitative estimate of drug-likeness (QED) is 0.898. The molecule has 1 rings (SSSR count). The SMILES string of the molecule is CN(Cc1ccc(OC(F)(F)F)cc1)C(C)(C)CN. The van der Waals surface area contributed by atoms with E-state index in [-0.39, 0.29) is 11.3 Å². The number of ether oxygens (including phenoxy) is 1. The van der Waals surface area contributed by atoms with E-state index < -0.39 is 6.36 Å². The molecule has 0 saturated carbocycles. The molecule has 1 aromatic rings. The molecule has 0 aromatic heterocycles. The lowest BCUT2D eigenvalue weighted by molar-refractivity contribution is -0.274. The van der Waals surface area contributed by atoms with Crippen LogP contribution in [0.3, 0.4) is 0 Å². The van der Waals surface area contributed by atoms with Crippen LogP contribution in [0.25, 0.3) is 0 Å². The Bertz CT molecular complexity index is 401. The highest BCUT2D eigenvalue weighted by molar-refractivity contribution is 5.27. The molecule has 0 amide bonds. The Kier molecular flexibility index (Phi) is 4.81. The van der Waals surface area contributed by atoms with E-state index >= 15 is 0 Å². The summed E-state index contributed by atoms with van der Waals surface area (Å²) in [4.78, 5) is 2.05. The number of likely N-dealkylation sites (N-methyl/N-ethyl adjacent to an activating group) is 1. The summed E-state index contributed by atoms with van der Waals surface area (Å²) in [5.41, 5.74) is 6.40. The Hall–Kier alpha value is -1.27. The minimum atomic E-state index is -4.65. The predicted octanol–water partition coefficient (Wildman–Crippen LogP) is 2.75. The summed E-state index contributed by atoms with van der Waals surface area (Å²) in [6.07, 6.45) is -4.65. The van der Waals surface area contributed by atoms with Crippen LogP contribution in [0.1, 0.15) is 19.4 Å². The summed E-state index contributed by atoms with van der Waals surface area (Å²) < 4.78 is 39.8. The zero-order valence-corrected chi connectivity index (χ0v) is 11.3. The molecule has 108 valence electrons. The average molecular weight is 276 g/mol. The Morgan fingerprint density at radius 1 is 1.16 bits per heavy atom. The topological polar surface area (TPSA) is 38.5 Å². The zero-order valence-electron chi connectivity index (χ0n) is 11.3. The van der Waals surface area contributed by atoms with Gasteiger partial charge in [-0.2, -0.15) is 0 Å². The van der Waals surface area contributed by atoms with E-state index in [9.17, 15) is 13.2 Å². The highest BCUT2D eigenvalue weighted by Crippen LogP contribution is 2.23. The summed E-state index contributed by atoms with van der Waals surface area (Å²) in [6.45, 7) is 5.12. The molecule has 0 aliphatic heterocycles. The molecule has 0 atom stereocenters. The fourth-order valence-corrected chi connectivity index (χ4v) is 1.44. The Labute approximate surface area is 111 Å². The van der Waals surface area contributed by atoms with Gasteiger partial charge < -0.3 is 10.5 Å². The largest absolute Gasteiger partial charge is 0.573 e. The molecule has 0 aliphatic rings. The van der Waals surface area contributed by atoms with Crippen molar-refractivity contribution in [2.45, 2.75) is 32.3 Å². The van der Waals surface area contributed by atoms with Gasteiger partial charge in [0.25, 0.3) is 0 Å². The molecule has 2 N–H and O–H groups in total. The minimum Gasteiger partial charge on any atom is -0.406 e. The van der Waals surface area contributed by atoms with E-state index in [0.717, 1.165) is 5.56 Å². The smallest absolute Gasteiger partial charge is 0.406 e. The second kappa shape index (κ2) is 5.79. The van der Waals surface area contributed by atoms with Gasteiger partial charge in [-0.15, -0.1) is 13.2 Å². The van der Waals surface area contributed by atoms with E-state index in [1.165, 1.54) is 12.1 Å². The van der Waals surface area contributed by atoms with Gasteiger partial charge in [0.05, 0.1) is 0 Å². The van der Waals surface area contributed by atoms with Gasteiger partial charge in [-0.25, -0.2) is 0 Å². The van der Waals surface area contributed by atoms with Gasteiger partial charge >= 0.3 is 6.36 Å². The molecule has 0 unspecified atom stereocenters. The molecule has 0 spiro atoms. The lowest BCUT2D eigenvalue weighted by Gasteiger charge is -2.34. The molecule has 0 radical (unpaired) electrons. The number of rotatable bonds is 5. The molecular formula is C13H19F3N2O. The van der Waals surface area contributed by atoms with Gasteiger partial charge in [0.2, 0.25) is 0 Å². The van der Waals surface area contributed by atoms with Gasteiger partial charge in [-0.05, 0) is 38.6 Å². The van der Waals surface area contributed by atoms with Crippen molar-refractivity contribution in [3.05, 3.63) is 29.8 Å². The number of halogens is 3. The monoisotopic (exact) mass is 276 g/mol. The van der Waals surface area contributed by atoms with Gasteiger partial charge in [-0.3, -0.25) is 4.90 Å². The van der Waals surface area contributed by atoms with Gasteiger partial charge in [0.1, 0.15) is 5.75 Å². The van der Waals surface area contributed by atoms with Crippen LogP contribution in [0.5, 0.6) is 5.75 Å². The lowest BCUT2D eigenvalue weighted by atomic mass is 10.0. The van der Waals surface area contributed by atoms with E-state index in [4.69, 9.17) is 5.73 Å². The van der Waals surface area contributed by atoms with Crippen LogP contribution in [0, 0.1) is 0 Å². The maximum absolute atomic E-state index is 12.0. The lowest BCUT2D eigenvalue weighted by Crippen LogP contribution is -2.46. The fraction of sp³-hybridized carbons (Fsp3) is 0.538. The third-order valence-electron chi connectivity index (χ3n) is 3.11. The van der Waals surface area contributed by atoms with Gasteiger partial charge in [0, 0.05) is 18.6 Å². The summed E-state index contributed by atoms with van der Waals surface area (Å²) >= 11 is 0. The number of hydrogen-bond acceptors (Lipinski definition) is 3. The second-order valence-corrected chi connectivity index (χ2v) is 5.06. The number of hydrogen-bond donors (Lipinski definition) is 1. The molecule has 6 heteroatoms. The number of nitrogens with zero attached hydrogens (tertiary/aromatic N) is 1. The molecule has 1 aromatic carbocycles. The van der Waals surface area contributed by atoms with E-state index in [1.807, 2.05) is 25.8 Å². The molecule has 3 nitrogen and oxygen atoms in total. The summed E-state index contributed by atoms with van der Waals surface area (Å²) in [7, 11) is 1.92. The van der Waals surface area contributed by atoms with Crippen molar-refractivity contribution in [2.75, 3.05) is 13.6 Å². The highest BCUT2D eigenvalue weighted by Gasteiger charge is 2.31. The fourth-order valence-electron chi connectivity index (χ4n) is 1.44. The molecule has 0 saturated heterocycles. The van der Waals surface area contributed by atoms with Crippen LogP contribution < -0.4 is 10.5 Å². The first kappa shape index (κ1) is 15.8. The second-order valence-electron chi connectivity index (χ2n) is 5.06. The molecule has 0 fully saturated rings. The first-order chi connectivity index (χ1) is 8.64. The molecule has 0 heterocycles. The van der Waals surface area contributed by atoms with Crippen molar-refractivity contribution in [1.82, 2.24) is 4.90 Å². The van der Waals surface area contributed by atoms with Crippen molar-refractivity contribution in [3.63, 3.8) is 0 Å². The maximum Gasteiger partial charge on any atom is 0.573 e. The summed E-state index contributed by atoms with van der Waals surface area (Å²) in [5.74, 6) is -0.211.